The van der Waals surface area contributed by atoms with Crippen molar-refractivity contribution in [3.05, 3.63) is 60.4 Å². The number of para-hydroxylation sites is 2. The van der Waals surface area contributed by atoms with Crippen LogP contribution < -0.4 is 4.74 Å². The van der Waals surface area contributed by atoms with Gasteiger partial charge in [-0.05, 0) is 24.3 Å². The Morgan fingerprint density at radius 2 is 1.37 bits per heavy atom. The SMILES string of the molecule is Fc1ccccc1Oc1ccccc1.O=S(=O)(Cl)Cl. The second-order valence-corrected chi connectivity index (χ2v) is 6.89. The molecular formula is C12H9Cl2FO3S. The Balaban J connectivity index is 0.000000312. The fourth-order valence-corrected chi connectivity index (χ4v) is 1.14. The van der Waals surface area contributed by atoms with E-state index in [-0.39, 0.29) is 11.6 Å². The van der Waals surface area contributed by atoms with Crippen molar-refractivity contribution in [2.45, 2.75) is 0 Å². The van der Waals surface area contributed by atoms with Gasteiger partial charge < -0.3 is 4.74 Å². The summed E-state index contributed by atoms with van der Waals surface area (Å²) in [7, 11) is 4.81. The second-order valence-electron chi connectivity index (χ2n) is 3.22. The van der Waals surface area contributed by atoms with Crippen molar-refractivity contribution in [3.8, 4) is 11.5 Å². The highest BCUT2D eigenvalue weighted by Gasteiger charge is 2.01. The lowest BCUT2D eigenvalue weighted by Crippen LogP contribution is -1.86. The van der Waals surface area contributed by atoms with E-state index in [4.69, 9.17) is 13.2 Å². The van der Waals surface area contributed by atoms with E-state index >= 15 is 0 Å². The van der Waals surface area contributed by atoms with E-state index in [1.54, 1.807) is 30.3 Å². The van der Waals surface area contributed by atoms with Crippen LogP contribution >= 0.6 is 21.4 Å². The maximum Gasteiger partial charge on any atom is 0.317 e. The van der Waals surface area contributed by atoms with Crippen molar-refractivity contribution in [1.82, 2.24) is 0 Å². The number of hydrogen-bond donors (Lipinski definition) is 0. The molecule has 7 heteroatoms. The summed E-state index contributed by atoms with van der Waals surface area (Å²) < 4.78 is 36.8. The normalized spacial score (nSPS) is 10.3. The third kappa shape index (κ3) is 7.66. The Morgan fingerprint density at radius 1 is 0.895 bits per heavy atom. The maximum atomic E-state index is 13.2. The van der Waals surface area contributed by atoms with Gasteiger partial charge in [0.2, 0.25) is 0 Å². The Morgan fingerprint density at radius 3 is 1.89 bits per heavy atom. The van der Waals surface area contributed by atoms with Crippen LogP contribution in [-0.4, -0.2) is 8.42 Å². The first-order valence-corrected chi connectivity index (χ1v) is 8.11. The molecule has 2 aromatic carbocycles. The molecule has 2 rings (SSSR count). The summed E-state index contributed by atoms with van der Waals surface area (Å²) in [5.41, 5.74) is 0. The average Bonchev–Trinajstić information content (AvgIpc) is 2.31. The molecule has 2 aromatic rings. The third-order valence-corrected chi connectivity index (χ3v) is 1.81. The topological polar surface area (TPSA) is 43.4 Å². The molecule has 0 atom stereocenters. The summed E-state index contributed by atoms with van der Waals surface area (Å²) in [5, 5.41) is 0. The number of benzene rings is 2. The van der Waals surface area contributed by atoms with Crippen LogP contribution in [0, 0.1) is 5.82 Å². The molecule has 0 aromatic heterocycles. The fraction of sp³-hybridized carbons (Fsp3) is 0. The summed E-state index contributed by atoms with van der Waals surface area (Å²) in [6, 6.07) is 15.5. The first-order chi connectivity index (χ1) is 8.86. The van der Waals surface area contributed by atoms with E-state index in [0.29, 0.717) is 5.75 Å². The van der Waals surface area contributed by atoms with Crippen molar-refractivity contribution in [2.75, 3.05) is 0 Å². The van der Waals surface area contributed by atoms with Crippen molar-refractivity contribution < 1.29 is 17.5 Å². The molecule has 0 spiro atoms. The van der Waals surface area contributed by atoms with Crippen LogP contribution in [0.15, 0.2) is 54.6 Å². The van der Waals surface area contributed by atoms with E-state index in [2.05, 4.69) is 21.4 Å². The molecule has 0 unspecified atom stereocenters. The molecule has 0 amide bonds. The highest BCUT2D eigenvalue weighted by atomic mass is 36.0. The van der Waals surface area contributed by atoms with Gasteiger partial charge in [0.1, 0.15) is 5.75 Å². The lowest BCUT2D eigenvalue weighted by molar-refractivity contribution is 0.442. The minimum absolute atomic E-state index is 0.249. The van der Waals surface area contributed by atoms with Gasteiger partial charge in [0.15, 0.2) is 11.6 Å². The second kappa shape index (κ2) is 7.33. The molecule has 102 valence electrons. The molecule has 0 bridgehead atoms. The summed E-state index contributed by atoms with van der Waals surface area (Å²) >= 11 is 0. The van der Waals surface area contributed by atoms with Gasteiger partial charge in [-0.3, -0.25) is 0 Å². The Hall–Kier alpha value is -1.30. The Labute approximate surface area is 119 Å². The molecule has 0 saturated heterocycles. The van der Waals surface area contributed by atoms with Gasteiger partial charge in [0.25, 0.3) is 0 Å². The van der Waals surface area contributed by atoms with E-state index in [0.717, 1.165) is 0 Å². The smallest absolute Gasteiger partial charge is 0.317 e. The number of halogens is 3. The Kier molecular flexibility index (Phi) is 6.08. The molecule has 3 nitrogen and oxygen atoms in total. The van der Waals surface area contributed by atoms with Crippen molar-refractivity contribution in [3.63, 3.8) is 0 Å². The summed E-state index contributed by atoms with van der Waals surface area (Å²) in [6.07, 6.45) is 0. The standard InChI is InChI=1S/C12H9FO.Cl2O2S/c13-11-8-4-5-9-12(11)14-10-6-2-1-3-7-10;1-5(2,3)4/h1-9H;. The predicted molar refractivity (Wildman–Crippen MR) is 73.5 cm³/mol. The molecular weight excluding hydrogens is 314 g/mol. The molecule has 0 aliphatic carbocycles. The van der Waals surface area contributed by atoms with E-state index in [9.17, 15) is 4.39 Å². The van der Waals surface area contributed by atoms with Gasteiger partial charge in [-0.2, -0.15) is 8.42 Å². The van der Waals surface area contributed by atoms with Crippen LogP contribution in [0.5, 0.6) is 11.5 Å². The Bertz CT molecular complexity index is 610. The molecule has 0 fully saturated rings. The zero-order valence-electron chi connectivity index (χ0n) is 9.46. The van der Waals surface area contributed by atoms with Gasteiger partial charge in [0, 0.05) is 21.4 Å². The highest BCUT2D eigenvalue weighted by Crippen LogP contribution is 2.23. The fourth-order valence-electron chi connectivity index (χ4n) is 1.14. The van der Waals surface area contributed by atoms with Gasteiger partial charge in [-0.1, -0.05) is 30.3 Å². The minimum Gasteiger partial charge on any atom is -0.454 e. The quantitative estimate of drug-likeness (QED) is 0.773. The van der Waals surface area contributed by atoms with Gasteiger partial charge >= 0.3 is 8.26 Å². The molecule has 0 saturated carbocycles. The first-order valence-electron chi connectivity index (χ1n) is 4.98. The van der Waals surface area contributed by atoms with Crippen LogP contribution in [0.2, 0.25) is 0 Å². The van der Waals surface area contributed by atoms with Crippen LogP contribution in [-0.2, 0) is 8.26 Å². The highest BCUT2D eigenvalue weighted by molar-refractivity contribution is 8.31. The van der Waals surface area contributed by atoms with Crippen LogP contribution in [0.3, 0.4) is 0 Å². The van der Waals surface area contributed by atoms with Crippen LogP contribution in [0.1, 0.15) is 0 Å². The largest absolute Gasteiger partial charge is 0.454 e. The molecule has 19 heavy (non-hydrogen) atoms. The molecule has 0 N–H and O–H groups in total. The van der Waals surface area contributed by atoms with Gasteiger partial charge in [0.05, 0.1) is 0 Å². The van der Waals surface area contributed by atoms with Gasteiger partial charge in [-0.15, -0.1) is 0 Å². The molecule has 0 aliphatic heterocycles. The van der Waals surface area contributed by atoms with Crippen LogP contribution in [0.4, 0.5) is 4.39 Å². The summed E-state index contributed by atoms with van der Waals surface area (Å²) in [6.45, 7) is 0. The number of rotatable bonds is 2. The number of ether oxygens (including phenoxy) is 1. The van der Waals surface area contributed by atoms with Crippen molar-refractivity contribution in [2.24, 2.45) is 0 Å². The third-order valence-electron chi connectivity index (χ3n) is 1.81. The summed E-state index contributed by atoms with van der Waals surface area (Å²) in [4.78, 5) is 0. The minimum atomic E-state index is -3.72. The number of hydrogen-bond acceptors (Lipinski definition) is 3. The van der Waals surface area contributed by atoms with E-state index in [1.807, 2.05) is 18.2 Å². The monoisotopic (exact) mass is 322 g/mol. The molecule has 0 radical (unpaired) electrons. The molecule has 0 aliphatic rings. The van der Waals surface area contributed by atoms with E-state index in [1.165, 1.54) is 6.07 Å². The van der Waals surface area contributed by atoms with Crippen LogP contribution in [0.25, 0.3) is 0 Å². The molecule has 0 heterocycles. The lowest BCUT2D eigenvalue weighted by Gasteiger charge is -2.05. The van der Waals surface area contributed by atoms with Crippen molar-refractivity contribution >= 4 is 29.6 Å². The zero-order chi connectivity index (χ0) is 14.3. The zero-order valence-corrected chi connectivity index (χ0v) is 11.8. The maximum absolute atomic E-state index is 13.2. The first kappa shape index (κ1) is 15.8. The summed E-state index contributed by atoms with van der Waals surface area (Å²) in [5.74, 6) is 0.535. The lowest BCUT2D eigenvalue weighted by atomic mass is 10.3. The van der Waals surface area contributed by atoms with Gasteiger partial charge in [-0.25, -0.2) is 4.39 Å². The predicted octanol–water partition coefficient (Wildman–Crippen LogP) is 4.33. The van der Waals surface area contributed by atoms with E-state index < -0.39 is 8.26 Å². The van der Waals surface area contributed by atoms with Crippen molar-refractivity contribution in [1.29, 1.82) is 0 Å². The average molecular weight is 323 g/mol.